The van der Waals surface area contributed by atoms with Crippen LogP contribution in [0, 0.1) is 0 Å². The van der Waals surface area contributed by atoms with Gasteiger partial charge in [0.25, 0.3) is 0 Å². The van der Waals surface area contributed by atoms with Gasteiger partial charge in [0.05, 0.1) is 22.1 Å². The molecule has 0 saturated carbocycles. The SMILES string of the molecule is CC(C)(C)c1ccc2c(c1)c1cc(C(C)(C)C)ccc1n2-c1ccc2c(c1)c1ccccc1n2-c1ccc([Si]2(c3ccccc3)c3ccccc3[Si](c3ccccc3)(c3ccccc3)c3ccccc32)cc1. The molecule has 0 amide bonds. The number of rotatable bonds is 6. The van der Waals surface area contributed by atoms with E-state index in [0.717, 1.165) is 5.69 Å². The van der Waals surface area contributed by atoms with E-state index in [0.29, 0.717) is 0 Å². The summed E-state index contributed by atoms with van der Waals surface area (Å²) in [6.45, 7) is 13.9. The highest BCUT2D eigenvalue weighted by Gasteiger charge is 2.56. The van der Waals surface area contributed by atoms with Crippen LogP contribution >= 0.6 is 0 Å². The predicted molar refractivity (Wildman–Crippen MR) is 313 cm³/mol. The fourth-order valence-corrected chi connectivity index (χ4v) is 24.7. The molecule has 13 rings (SSSR count). The molecule has 12 aromatic rings. The Morgan fingerprint density at radius 2 is 0.583 bits per heavy atom. The Morgan fingerprint density at radius 3 is 1.01 bits per heavy atom. The van der Waals surface area contributed by atoms with E-state index < -0.39 is 16.1 Å². The number of hydrogen-bond donors (Lipinski definition) is 0. The second kappa shape index (κ2) is 16.4. The molecule has 0 aliphatic carbocycles. The summed E-state index contributed by atoms with van der Waals surface area (Å²) in [5.41, 5.74) is 9.97. The fourth-order valence-electron chi connectivity index (χ4n) is 12.7. The molecule has 0 N–H and O–H groups in total. The van der Waals surface area contributed by atoms with Crippen LogP contribution in [0.4, 0.5) is 0 Å². The van der Waals surface area contributed by atoms with E-state index in [2.05, 4.69) is 293 Å². The molecule has 10 aromatic carbocycles. The van der Waals surface area contributed by atoms with Crippen molar-refractivity contribution in [3.8, 4) is 11.4 Å². The van der Waals surface area contributed by atoms with E-state index in [-0.39, 0.29) is 10.8 Å². The van der Waals surface area contributed by atoms with Crippen LogP contribution in [0.5, 0.6) is 0 Å². The van der Waals surface area contributed by atoms with Crippen molar-refractivity contribution in [3.05, 3.63) is 254 Å². The van der Waals surface area contributed by atoms with Gasteiger partial charge in [0.15, 0.2) is 16.1 Å². The summed E-state index contributed by atoms with van der Waals surface area (Å²) in [5, 5.41) is 16.7. The summed E-state index contributed by atoms with van der Waals surface area (Å²) in [5.74, 6) is 0. The smallest absolute Gasteiger partial charge is 0.179 e. The Labute approximate surface area is 425 Å². The zero-order chi connectivity index (χ0) is 49.0. The van der Waals surface area contributed by atoms with Crippen molar-refractivity contribution in [2.45, 2.75) is 52.4 Å². The Kier molecular flexibility index (Phi) is 10.1. The maximum Gasteiger partial charge on any atom is 0.179 e. The van der Waals surface area contributed by atoms with Crippen molar-refractivity contribution in [1.82, 2.24) is 9.13 Å². The fraction of sp³-hybridized carbons (Fsp3) is 0.118. The van der Waals surface area contributed by atoms with Crippen LogP contribution in [0.25, 0.3) is 55.0 Å². The summed E-state index contributed by atoms with van der Waals surface area (Å²) in [6, 6.07) is 93.5. The quantitative estimate of drug-likeness (QED) is 0.147. The molecule has 348 valence electrons. The molecule has 2 aromatic heterocycles. The van der Waals surface area contributed by atoms with E-state index in [1.165, 1.54) is 102 Å². The van der Waals surface area contributed by atoms with Crippen LogP contribution in [0.2, 0.25) is 0 Å². The lowest BCUT2D eigenvalue weighted by Crippen LogP contribution is -2.93. The van der Waals surface area contributed by atoms with Crippen molar-refractivity contribution < 1.29 is 0 Å². The molecule has 2 nitrogen and oxygen atoms in total. The summed E-state index contributed by atoms with van der Waals surface area (Å²) in [6.07, 6.45) is 0. The molecule has 0 saturated heterocycles. The number of para-hydroxylation sites is 1. The molecule has 1 aliphatic rings. The van der Waals surface area contributed by atoms with Crippen LogP contribution < -0.4 is 41.5 Å². The molecular weight excluding hydrogens is 901 g/mol. The highest BCUT2D eigenvalue weighted by Crippen LogP contribution is 2.40. The average molecular weight is 959 g/mol. The molecule has 4 heteroatoms. The molecule has 1 aliphatic heterocycles. The first-order chi connectivity index (χ1) is 35.0. The molecule has 0 radical (unpaired) electrons. The average Bonchev–Trinajstić information content (AvgIpc) is 3.92. The number of nitrogens with zero attached hydrogens (tertiary/aromatic N) is 2. The van der Waals surface area contributed by atoms with Crippen molar-refractivity contribution in [3.63, 3.8) is 0 Å². The van der Waals surface area contributed by atoms with Gasteiger partial charge in [-0.25, -0.2) is 0 Å². The topological polar surface area (TPSA) is 9.86 Å². The van der Waals surface area contributed by atoms with Gasteiger partial charge in [0.2, 0.25) is 0 Å². The van der Waals surface area contributed by atoms with Gasteiger partial charge >= 0.3 is 0 Å². The van der Waals surface area contributed by atoms with Gasteiger partial charge in [-0.15, -0.1) is 0 Å². The minimum Gasteiger partial charge on any atom is -0.309 e. The molecule has 0 atom stereocenters. The minimum atomic E-state index is -2.94. The van der Waals surface area contributed by atoms with Gasteiger partial charge in [-0.1, -0.05) is 224 Å². The Bertz CT molecular complexity index is 3880. The van der Waals surface area contributed by atoms with Crippen LogP contribution in [0.1, 0.15) is 52.7 Å². The van der Waals surface area contributed by atoms with Gasteiger partial charge in [0.1, 0.15) is 0 Å². The van der Waals surface area contributed by atoms with Crippen LogP contribution in [0.15, 0.2) is 243 Å². The molecule has 0 fully saturated rings. The number of benzene rings is 10. The Balaban J connectivity index is 1.01. The van der Waals surface area contributed by atoms with Crippen LogP contribution in [-0.4, -0.2) is 25.3 Å². The zero-order valence-corrected chi connectivity index (χ0v) is 44.0. The molecule has 0 bridgehead atoms. The third-order valence-corrected chi connectivity index (χ3v) is 26.3. The largest absolute Gasteiger partial charge is 0.309 e. The molecule has 72 heavy (non-hydrogen) atoms. The standard InChI is InChI=1S/C68H58N2Si2/c1-67(2,3)47-34-41-60-56(44-47)57-45-48(68(4,5)6)35-42-61(57)70(60)50-38-43-62-58(46-50)55-28-16-17-29-59(55)69(62)49-36-39-54(40-37-49)72(53-26-14-9-15-27-53)65-32-20-18-30-63(65)71(51-22-10-7-11-23-51,52-24-12-8-13-25-52)64-31-19-21-33-66(64)72/h7-46H,1-6H3. The van der Waals surface area contributed by atoms with Gasteiger partial charge in [-0.3, -0.25) is 0 Å². The minimum absolute atomic E-state index is 0.0388. The Morgan fingerprint density at radius 1 is 0.264 bits per heavy atom. The molecular formula is C68H58N2Si2. The van der Waals surface area contributed by atoms with E-state index in [4.69, 9.17) is 0 Å². The number of fused-ring (bicyclic) bond motifs is 8. The summed E-state index contributed by atoms with van der Waals surface area (Å²) in [7, 11) is -5.73. The lowest BCUT2D eigenvalue weighted by atomic mass is 9.85. The second-order valence-corrected chi connectivity index (χ2v) is 29.6. The van der Waals surface area contributed by atoms with Crippen molar-refractivity contribution in [2.24, 2.45) is 0 Å². The van der Waals surface area contributed by atoms with E-state index in [1.807, 2.05) is 0 Å². The molecule has 3 heterocycles. The van der Waals surface area contributed by atoms with E-state index in [9.17, 15) is 0 Å². The third kappa shape index (κ3) is 6.45. The van der Waals surface area contributed by atoms with Gasteiger partial charge < -0.3 is 9.13 Å². The maximum absolute atomic E-state index is 2.94. The number of hydrogen-bond acceptors (Lipinski definition) is 0. The lowest BCUT2D eigenvalue weighted by molar-refractivity contribution is 0.590. The number of aromatic nitrogens is 2. The second-order valence-electron chi connectivity index (χ2n) is 22.1. The van der Waals surface area contributed by atoms with Crippen molar-refractivity contribution in [2.75, 3.05) is 0 Å². The van der Waals surface area contributed by atoms with Crippen LogP contribution in [0.3, 0.4) is 0 Å². The van der Waals surface area contributed by atoms with E-state index >= 15 is 0 Å². The summed E-state index contributed by atoms with van der Waals surface area (Å²) in [4.78, 5) is 0. The third-order valence-electron chi connectivity index (χ3n) is 16.1. The van der Waals surface area contributed by atoms with Gasteiger partial charge in [-0.2, -0.15) is 0 Å². The van der Waals surface area contributed by atoms with Crippen molar-refractivity contribution in [1.29, 1.82) is 0 Å². The predicted octanol–water partition coefficient (Wildman–Crippen LogP) is 11.5. The van der Waals surface area contributed by atoms with Crippen molar-refractivity contribution >= 4 is 101 Å². The summed E-state index contributed by atoms with van der Waals surface area (Å²) >= 11 is 0. The van der Waals surface area contributed by atoms with Gasteiger partial charge in [-0.05, 0) is 124 Å². The molecule has 0 spiro atoms. The monoisotopic (exact) mass is 958 g/mol. The highest BCUT2D eigenvalue weighted by molar-refractivity contribution is 7.32. The zero-order valence-electron chi connectivity index (χ0n) is 42.0. The van der Waals surface area contributed by atoms with Gasteiger partial charge in [0, 0.05) is 32.9 Å². The maximum atomic E-state index is 2.49. The first-order valence-electron chi connectivity index (χ1n) is 25.6. The first-order valence-corrected chi connectivity index (χ1v) is 29.6. The van der Waals surface area contributed by atoms with E-state index in [1.54, 1.807) is 0 Å². The van der Waals surface area contributed by atoms with Crippen LogP contribution in [-0.2, 0) is 10.8 Å². The normalized spacial score (nSPS) is 14.2. The lowest BCUT2D eigenvalue weighted by Gasteiger charge is -2.48. The highest BCUT2D eigenvalue weighted by atomic mass is 28.3. The Hall–Kier alpha value is -7.77. The first kappa shape index (κ1) is 44.2. The summed E-state index contributed by atoms with van der Waals surface area (Å²) < 4.78 is 4.97. The molecule has 0 unspecified atom stereocenters.